The lowest BCUT2D eigenvalue weighted by molar-refractivity contribution is -0.384. The van der Waals surface area contributed by atoms with Crippen LogP contribution in [0.5, 0.6) is 0 Å². The van der Waals surface area contributed by atoms with E-state index < -0.39 is 0 Å². The summed E-state index contributed by atoms with van der Waals surface area (Å²) in [6.07, 6.45) is 5.34. The maximum Gasteiger partial charge on any atom is 0.269 e. The van der Waals surface area contributed by atoms with E-state index in [0.717, 1.165) is 22.1 Å². The number of nitrogens with zero attached hydrogens (tertiary/aromatic N) is 1. The van der Waals surface area contributed by atoms with Crippen molar-refractivity contribution in [2.45, 2.75) is 18.4 Å². The highest BCUT2D eigenvalue weighted by atomic mass is 79.9. The molecule has 3 atom stereocenters. The number of hydrogen-bond donors (Lipinski definition) is 1. The van der Waals surface area contributed by atoms with Gasteiger partial charge in [-0.15, -0.1) is 0 Å². The molecule has 0 saturated carbocycles. The quantitative estimate of drug-likeness (QED) is 0.388. The van der Waals surface area contributed by atoms with Crippen LogP contribution >= 0.6 is 27.5 Å². The van der Waals surface area contributed by atoms with Crippen molar-refractivity contribution in [3.63, 3.8) is 0 Å². The number of allylic oxidation sites excluding steroid dienone is 2. The van der Waals surface area contributed by atoms with Crippen LogP contribution in [0.4, 0.5) is 11.4 Å². The molecule has 2 aliphatic rings. The van der Waals surface area contributed by atoms with Gasteiger partial charge < -0.3 is 5.32 Å². The smallest absolute Gasteiger partial charge is 0.269 e. The van der Waals surface area contributed by atoms with Gasteiger partial charge in [0.25, 0.3) is 5.69 Å². The van der Waals surface area contributed by atoms with Crippen molar-refractivity contribution in [2.24, 2.45) is 5.92 Å². The van der Waals surface area contributed by atoms with Gasteiger partial charge in [0.2, 0.25) is 0 Å². The van der Waals surface area contributed by atoms with E-state index in [1.165, 1.54) is 11.6 Å². The number of benzene rings is 2. The highest BCUT2D eigenvalue weighted by Gasteiger charge is 2.39. The highest BCUT2D eigenvalue weighted by molar-refractivity contribution is 9.10. The van der Waals surface area contributed by atoms with Crippen LogP contribution in [0.3, 0.4) is 0 Å². The molecule has 2 aromatic rings. The Morgan fingerprint density at radius 3 is 2.83 bits per heavy atom. The first-order valence-corrected chi connectivity index (χ1v) is 8.88. The normalized spacial score (nSPS) is 24.2. The molecule has 0 bridgehead atoms. The van der Waals surface area contributed by atoms with Gasteiger partial charge in [-0.1, -0.05) is 39.7 Å². The lowest BCUT2D eigenvalue weighted by atomic mass is 9.77. The number of non-ortho nitro benzene ring substituents is 1. The van der Waals surface area contributed by atoms with Gasteiger partial charge in [0.1, 0.15) is 0 Å². The van der Waals surface area contributed by atoms with E-state index in [1.807, 2.05) is 12.1 Å². The average molecular weight is 406 g/mol. The molecule has 2 aromatic carbocycles. The molecule has 24 heavy (non-hydrogen) atoms. The van der Waals surface area contributed by atoms with Crippen LogP contribution in [0.15, 0.2) is 53.0 Å². The van der Waals surface area contributed by atoms with Crippen molar-refractivity contribution >= 4 is 38.9 Å². The average Bonchev–Trinajstić information content (AvgIpc) is 3.04. The minimum Gasteiger partial charge on any atom is -0.378 e. The first kappa shape index (κ1) is 15.7. The molecule has 122 valence electrons. The minimum atomic E-state index is -0.377. The second-order valence-electron chi connectivity index (χ2n) is 6.17. The van der Waals surface area contributed by atoms with Crippen LogP contribution in [0.1, 0.15) is 29.5 Å². The molecule has 0 spiro atoms. The molecule has 1 aliphatic carbocycles. The molecular weight excluding hydrogens is 392 g/mol. The zero-order chi connectivity index (χ0) is 16.8. The predicted octanol–water partition coefficient (Wildman–Crippen LogP) is 5.84. The molecular formula is C18H14BrClN2O2. The van der Waals surface area contributed by atoms with E-state index in [2.05, 4.69) is 39.5 Å². The number of rotatable bonds is 2. The Hall–Kier alpha value is -1.85. The summed E-state index contributed by atoms with van der Waals surface area (Å²) in [5.41, 5.74) is 3.16. The Labute approximate surface area is 152 Å². The Morgan fingerprint density at radius 1 is 1.21 bits per heavy atom. The molecule has 0 aromatic heterocycles. The summed E-state index contributed by atoms with van der Waals surface area (Å²) >= 11 is 9.92. The third kappa shape index (κ3) is 2.52. The fourth-order valence-corrected chi connectivity index (χ4v) is 4.37. The summed E-state index contributed by atoms with van der Waals surface area (Å²) in [5.74, 6) is 0.588. The van der Waals surface area contributed by atoms with Crippen molar-refractivity contribution in [1.82, 2.24) is 0 Å². The van der Waals surface area contributed by atoms with Crippen molar-refractivity contribution in [2.75, 3.05) is 5.32 Å². The van der Waals surface area contributed by atoms with Gasteiger partial charge >= 0.3 is 0 Å². The van der Waals surface area contributed by atoms with E-state index in [-0.39, 0.29) is 16.7 Å². The first-order valence-electron chi connectivity index (χ1n) is 7.71. The van der Waals surface area contributed by atoms with E-state index in [9.17, 15) is 10.1 Å². The monoisotopic (exact) mass is 404 g/mol. The van der Waals surface area contributed by atoms with Gasteiger partial charge in [0.05, 0.1) is 11.0 Å². The van der Waals surface area contributed by atoms with E-state index in [1.54, 1.807) is 12.1 Å². The van der Waals surface area contributed by atoms with Crippen LogP contribution in [0.25, 0.3) is 0 Å². The standard InChI is InChI=1S/C18H14BrClN2O2/c19-10-4-7-17-14(8-10)12-2-1-3-13(12)18(21-17)15-9-11(22(23)24)5-6-16(15)20/h1-2,4-9,12-13,18,21H,3H2. The fourth-order valence-electron chi connectivity index (χ4n) is 3.76. The number of fused-ring (bicyclic) bond motifs is 3. The molecule has 0 saturated heterocycles. The molecule has 4 rings (SSSR count). The molecule has 0 fully saturated rings. The van der Waals surface area contributed by atoms with E-state index in [0.29, 0.717) is 16.9 Å². The lowest BCUT2D eigenvalue weighted by Crippen LogP contribution is -2.29. The van der Waals surface area contributed by atoms with Crippen LogP contribution in [0.2, 0.25) is 5.02 Å². The second-order valence-corrected chi connectivity index (χ2v) is 7.49. The molecule has 0 radical (unpaired) electrons. The molecule has 1 N–H and O–H groups in total. The fraction of sp³-hybridized carbons (Fsp3) is 0.222. The Morgan fingerprint density at radius 2 is 2.04 bits per heavy atom. The van der Waals surface area contributed by atoms with Gasteiger partial charge in [0, 0.05) is 38.8 Å². The zero-order valence-corrected chi connectivity index (χ0v) is 14.9. The Kier molecular flexibility index (Phi) is 3.85. The largest absolute Gasteiger partial charge is 0.378 e. The van der Waals surface area contributed by atoms with Gasteiger partial charge in [-0.25, -0.2) is 0 Å². The number of nitrogens with one attached hydrogen (secondary N) is 1. The zero-order valence-electron chi connectivity index (χ0n) is 12.6. The van der Waals surface area contributed by atoms with Crippen LogP contribution in [-0.4, -0.2) is 4.92 Å². The number of nitro groups is 1. The number of nitro benzene ring substituents is 1. The van der Waals surface area contributed by atoms with Crippen molar-refractivity contribution < 1.29 is 4.92 Å². The molecule has 4 nitrogen and oxygen atoms in total. The van der Waals surface area contributed by atoms with Crippen LogP contribution in [-0.2, 0) is 0 Å². The lowest BCUT2D eigenvalue weighted by Gasteiger charge is -2.37. The molecule has 6 heteroatoms. The maximum atomic E-state index is 11.1. The summed E-state index contributed by atoms with van der Waals surface area (Å²) in [4.78, 5) is 10.8. The number of anilines is 1. The SMILES string of the molecule is O=[N+]([O-])c1ccc(Cl)c(C2Nc3ccc(Br)cc3C3C=CCC32)c1. The van der Waals surface area contributed by atoms with Crippen molar-refractivity contribution in [3.8, 4) is 0 Å². The molecule has 3 unspecified atom stereocenters. The van der Waals surface area contributed by atoms with Crippen molar-refractivity contribution in [1.29, 1.82) is 0 Å². The first-order chi connectivity index (χ1) is 11.5. The summed E-state index contributed by atoms with van der Waals surface area (Å²) in [5, 5.41) is 15.2. The minimum absolute atomic E-state index is 0.0499. The molecule has 0 amide bonds. The predicted molar refractivity (Wildman–Crippen MR) is 98.6 cm³/mol. The maximum absolute atomic E-state index is 11.1. The second kappa shape index (κ2) is 5.90. The summed E-state index contributed by atoms with van der Waals surface area (Å²) in [6, 6.07) is 10.8. The summed E-state index contributed by atoms with van der Waals surface area (Å²) in [6.45, 7) is 0. The summed E-state index contributed by atoms with van der Waals surface area (Å²) < 4.78 is 1.05. The number of halogens is 2. The van der Waals surface area contributed by atoms with E-state index >= 15 is 0 Å². The van der Waals surface area contributed by atoms with Gasteiger partial charge in [-0.2, -0.15) is 0 Å². The highest BCUT2D eigenvalue weighted by Crippen LogP contribution is 2.51. The topological polar surface area (TPSA) is 55.2 Å². The Bertz CT molecular complexity index is 868. The van der Waals surface area contributed by atoms with Crippen LogP contribution < -0.4 is 5.32 Å². The van der Waals surface area contributed by atoms with Crippen LogP contribution in [0, 0.1) is 16.0 Å². The molecule has 1 aliphatic heterocycles. The van der Waals surface area contributed by atoms with E-state index in [4.69, 9.17) is 11.6 Å². The van der Waals surface area contributed by atoms with Gasteiger partial charge in [-0.3, -0.25) is 10.1 Å². The summed E-state index contributed by atoms with van der Waals surface area (Å²) in [7, 11) is 0. The Balaban J connectivity index is 1.81. The third-order valence-corrected chi connectivity index (χ3v) is 5.69. The van der Waals surface area contributed by atoms with Crippen molar-refractivity contribution in [3.05, 3.63) is 79.3 Å². The number of hydrogen-bond acceptors (Lipinski definition) is 3. The molecule has 1 heterocycles. The third-order valence-electron chi connectivity index (χ3n) is 4.85. The van der Waals surface area contributed by atoms with Gasteiger partial charge in [-0.05, 0) is 42.2 Å². The van der Waals surface area contributed by atoms with Gasteiger partial charge in [0.15, 0.2) is 0 Å².